The molecule has 2 nitrogen and oxygen atoms in total. The van der Waals surface area contributed by atoms with E-state index >= 15 is 0 Å². The van der Waals surface area contributed by atoms with Crippen LogP contribution in [0.2, 0.25) is 0 Å². The zero-order valence-electron chi connectivity index (χ0n) is 12.0. The van der Waals surface area contributed by atoms with Crippen LogP contribution in [0.15, 0.2) is 48.5 Å². The van der Waals surface area contributed by atoms with Gasteiger partial charge in [-0.2, -0.15) is 0 Å². The van der Waals surface area contributed by atoms with E-state index in [0.717, 1.165) is 12.8 Å². The molecule has 0 radical (unpaired) electrons. The Bertz CT molecular complexity index is 613. The standard InChI is InChI=1S/C17H19FN2S/c1-12(10-11-13-6-3-2-4-7-13)20-15-9-5-8-14(18)16(15)17(19)21/h2-9,12,20H,10-11H2,1H3,(H2,19,21). The van der Waals surface area contributed by atoms with E-state index in [1.54, 1.807) is 12.1 Å². The second-order valence-corrected chi connectivity index (χ2v) is 5.54. The van der Waals surface area contributed by atoms with Gasteiger partial charge in [0.2, 0.25) is 0 Å². The predicted molar refractivity (Wildman–Crippen MR) is 90.1 cm³/mol. The van der Waals surface area contributed by atoms with Gasteiger partial charge >= 0.3 is 0 Å². The lowest BCUT2D eigenvalue weighted by atomic mass is 10.1. The average molecular weight is 302 g/mol. The fraction of sp³-hybridized carbons (Fsp3) is 0.235. The van der Waals surface area contributed by atoms with Crippen molar-refractivity contribution in [1.82, 2.24) is 0 Å². The quantitative estimate of drug-likeness (QED) is 0.795. The minimum Gasteiger partial charge on any atom is -0.389 e. The Hall–Kier alpha value is -1.94. The molecule has 1 atom stereocenters. The summed E-state index contributed by atoms with van der Waals surface area (Å²) in [5.41, 5.74) is 7.85. The maximum atomic E-state index is 13.8. The van der Waals surface area contributed by atoms with Gasteiger partial charge in [-0.05, 0) is 37.5 Å². The van der Waals surface area contributed by atoms with E-state index in [4.69, 9.17) is 18.0 Å². The molecule has 0 saturated carbocycles. The topological polar surface area (TPSA) is 38.0 Å². The summed E-state index contributed by atoms with van der Waals surface area (Å²) in [6, 6.07) is 15.3. The van der Waals surface area contributed by atoms with Gasteiger partial charge in [-0.15, -0.1) is 0 Å². The molecule has 0 fully saturated rings. The van der Waals surface area contributed by atoms with Crippen molar-refractivity contribution in [3.8, 4) is 0 Å². The van der Waals surface area contributed by atoms with Gasteiger partial charge in [0.15, 0.2) is 0 Å². The first-order valence-electron chi connectivity index (χ1n) is 6.96. The highest BCUT2D eigenvalue weighted by Gasteiger charge is 2.12. The third-order valence-electron chi connectivity index (χ3n) is 3.37. The number of hydrogen-bond acceptors (Lipinski definition) is 2. The van der Waals surface area contributed by atoms with Gasteiger partial charge in [0.1, 0.15) is 10.8 Å². The van der Waals surface area contributed by atoms with Crippen molar-refractivity contribution in [3.63, 3.8) is 0 Å². The van der Waals surface area contributed by atoms with Gasteiger partial charge in [0.25, 0.3) is 0 Å². The van der Waals surface area contributed by atoms with Crippen molar-refractivity contribution >= 4 is 22.9 Å². The zero-order chi connectivity index (χ0) is 15.2. The minimum atomic E-state index is -0.386. The number of halogens is 1. The molecule has 2 aromatic carbocycles. The van der Waals surface area contributed by atoms with E-state index in [9.17, 15) is 4.39 Å². The highest BCUT2D eigenvalue weighted by atomic mass is 32.1. The maximum Gasteiger partial charge on any atom is 0.135 e. The molecule has 21 heavy (non-hydrogen) atoms. The Balaban J connectivity index is 2.01. The highest BCUT2D eigenvalue weighted by molar-refractivity contribution is 7.80. The second-order valence-electron chi connectivity index (χ2n) is 5.10. The smallest absolute Gasteiger partial charge is 0.135 e. The Morgan fingerprint density at radius 3 is 2.57 bits per heavy atom. The van der Waals surface area contributed by atoms with Crippen LogP contribution in [0, 0.1) is 5.82 Å². The zero-order valence-corrected chi connectivity index (χ0v) is 12.8. The van der Waals surface area contributed by atoms with Crippen molar-refractivity contribution in [2.75, 3.05) is 5.32 Å². The molecule has 0 spiro atoms. The van der Waals surface area contributed by atoms with Crippen LogP contribution in [0.3, 0.4) is 0 Å². The van der Waals surface area contributed by atoms with Crippen LogP contribution in [-0.2, 0) is 6.42 Å². The Morgan fingerprint density at radius 1 is 1.19 bits per heavy atom. The Kier molecular flexibility index (Phi) is 5.28. The largest absolute Gasteiger partial charge is 0.389 e. The number of hydrogen-bond donors (Lipinski definition) is 2. The van der Waals surface area contributed by atoms with Gasteiger partial charge < -0.3 is 11.1 Å². The average Bonchev–Trinajstić information content (AvgIpc) is 2.46. The fourth-order valence-electron chi connectivity index (χ4n) is 2.26. The van der Waals surface area contributed by atoms with Crippen molar-refractivity contribution in [1.29, 1.82) is 0 Å². The summed E-state index contributed by atoms with van der Waals surface area (Å²) in [6.07, 6.45) is 1.91. The van der Waals surface area contributed by atoms with Crippen LogP contribution >= 0.6 is 12.2 Å². The number of aryl methyl sites for hydroxylation is 1. The number of rotatable bonds is 6. The fourth-order valence-corrected chi connectivity index (χ4v) is 2.47. The van der Waals surface area contributed by atoms with Crippen LogP contribution in [0.1, 0.15) is 24.5 Å². The normalized spacial score (nSPS) is 11.9. The van der Waals surface area contributed by atoms with Crippen LogP contribution in [0.5, 0.6) is 0 Å². The molecule has 0 aliphatic rings. The SMILES string of the molecule is CC(CCc1ccccc1)Nc1cccc(F)c1C(N)=S. The van der Waals surface area contributed by atoms with Crippen LogP contribution in [0.4, 0.5) is 10.1 Å². The molecule has 110 valence electrons. The van der Waals surface area contributed by atoms with E-state index in [1.807, 2.05) is 18.2 Å². The molecule has 0 saturated heterocycles. The number of anilines is 1. The van der Waals surface area contributed by atoms with Gasteiger partial charge in [0.05, 0.1) is 5.56 Å². The molecule has 0 aliphatic heterocycles. The van der Waals surface area contributed by atoms with Crippen LogP contribution < -0.4 is 11.1 Å². The molecule has 0 heterocycles. The summed E-state index contributed by atoms with van der Waals surface area (Å²) >= 11 is 4.93. The van der Waals surface area contributed by atoms with E-state index in [0.29, 0.717) is 11.3 Å². The van der Waals surface area contributed by atoms with E-state index < -0.39 is 0 Å². The Morgan fingerprint density at radius 2 is 1.90 bits per heavy atom. The molecule has 2 rings (SSSR count). The van der Waals surface area contributed by atoms with E-state index in [-0.39, 0.29) is 16.8 Å². The number of nitrogens with one attached hydrogen (secondary N) is 1. The summed E-state index contributed by atoms with van der Waals surface area (Å²) in [5, 5.41) is 3.30. The monoisotopic (exact) mass is 302 g/mol. The van der Waals surface area contributed by atoms with Crippen molar-refractivity contribution in [2.45, 2.75) is 25.8 Å². The van der Waals surface area contributed by atoms with E-state index in [2.05, 4.69) is 24.4 Å². The lowest BCUT2D eigenvalue weighted by Gasteiger charge is -2.18. The second kappa shape index (κ2) is 7.18. The van der Waals surface area contributed by atoms with Crippen molar-refractivity contribution < 1.29 is 4.39 Å². The maximum absolute atomic E-state index is 13.8. The van der Waals surface area contributed by atoms with Gasteiger partial charge in [-0.25, -0.2) is 4.39 Å². The molecule has 0 amide bonds. The van der Waals surface area contributed by atoms with Crippen LogP contribution in [0.25, 0.3) is 0 Å². The number of benzene rings is 2. The summed E-state index contributed by atoms with van der Waals surface area (Å²) < 4.78 is 13.8. The summed E-state index contributed by atoms with van der Waals surface area (Å²) in [7, 11) is 0. The molecule has 0 bridgehead atoms. The third kappa shape index (κ3) is 4.26. The lowest BCUT2D eigenvalue weighted by Crippen LogP contribution is -2.21. The highest BCUT2D eigenvalue weighted by Crippen LogP contribution is 2.20. The Labute approximate surface area is 130 Å². The van der Waals surface area contributed by atoms with Crippen molar-refractivity contribution in [2.24, 2.45) is 5.73 Å². The van der Waals surface area contributed by atoms with Gasteiger partial charge in [-0.1, -0.05) is 48.6 Å². The number of thiocarbonyl (C=S) groups is 1. The first kappa shape index (κ1) is 15.4. The van der Waals surface area contributed by atoms with Crippen LogP contribution in [-0.4, -0.2) is 11.0 Å². The molecule has 4 heteroatoms. The van der Waals surface area contributed by atoms with E-state index in [1.165, 1.54) is 11.6 Å². The summed E-state index contributed by atoms with van der Waals surface area (Å²) in [4.78, 5) is 0.0749. The van der Waals surface area contributed by atoms with Gasteiger partial charge in [0, 0.05) is 11.7 Å². The molecule has 0 aromatic heterocycles. The minimum absolute atomic E-state index is 0.0749. The first-order chi connectivity index (χ1) is 10.1. The van der Waals surface area contributed by atoms with Gasteiger partial charge in [-0.3, -0.25) is 0 Å². The molecule has 3 N–H and O–H groups in total. The lowest BCUT2D eigenvalue weighted by molar-refractivity contribution is 0.624. The van der Waals surface area contributed by atoms with Crippen molar-refractivity contribution in [3.05, 3.63) is 65.5 Å². The predicted octanol–water partition coefficient (Wildman–Crippen LogP) is 3.89. The third-order valence-corrected chi connectivity index (χ3v) is 3.57. The molecular formula is C17H19FN2S. The summed E-state index contributed by atoms with van der Waals surface area (Å²) in [6.45, 7) is 2.07. The first-order valence-corrected chi connectivity index (χ1v) is 7.37. The molecule has 2 aromatic rings. The molecular weight excluding hydrogens is 283 g/mol. The molecule has 1 unspecified atom stereocenters. The number of nitrogens with two attached hydrogens (primary N) is 1. The summed E-state index contributed by atoms with van der Waals surface area (Å²) in [5.74, 6) is -0.386. The molecule has 0 aliphatic carbocycles.